The Balaban J connectivity index is 1.35. The van der Waals surface area contributed by atoms with Gasteiger partial charge in [-0.15, -0.1) is 0 Å². The van der Waals surface area contributed by atoms with E-state index in [1.54, 1.807) is 18.4 Å². The summed E-state index contributed by atoms with van der Waals surface area (Å²) in [7, 11) is 0. The van der Waals surface area contributed by atoms with Crippen molar-refractivity contribution < 1.29 is 14.3 Å². The van der Waals surface area contributed by atoms with Crippen LogP contribution in [0.5, 0.6) is 0 Å². The highest BCUT2D eigenvalue weighted by molar-refractivity contribution is 5.75. The number of hydrogen-bond acceptors (Lipinski definition) is 3. The Labute approximate surface area is 137 Å². The van der Waals surface area contributed by atoms with Gasteiger partial charge in [-0.1, -0.05) is 0 Å². The monoisotopic (exact) mass is 318 g/mol. The average Bonchev–Trinajstić information content (AvgIpc) is 3.46. The van der Waals surface area contributed by atoms with Gasteiger partial charge in [0.15, 0.2) is 0 Å². The summed E-state index contributed by atoms with van der Waals surface area (Å²) in [5.41, 5.74) is 0. The molecule has 2 amide bonds. The number of hydrogen-bond donors (Lipinski definition) is 2. The standard InChI is InChI=1S/C18H26N2O3/c21-15(16-4-2-10-23-16)11-14-3-1-9-20(14)18(22)19-17(12-5-6-12)13-7-8-13/h2,4,10,12-15,17,21H,1,3,5-9,11H2,(H,19,22)/t14-,15+/m0/s1. The maximum absolute atomic E-state index is 12.7. The van der Waals surface area contributed by atoms with E-state index in [0.29, 0.717) is 30.1 Å². The second-order valence-corrected chi connectivity index (χ2v) is 7.41. The smallest absolute Gasteiger partial charge is 0.317 e. The van der Waals surface area contributed by atoms with Crippen molar-refractivity contribution in [2.45, 2.75) is 63.1 Å². The van der Waals surface area contributed by atoms with Crippen molar-refractivity contribution in [2.75, 3.05) is 6.54 Å². The number of nitrogens with one attached hydrogen (secondary N) is 1. The summed E-state index contributed by atoms with van der Waals surface area (Å²) in [5.74, 6) is 2.01. The summed E-state index contributed by atoms with van der Waals surface area (Å²) in [4.78, 5) is 14.6. The number of amides is 2. The number of aliphatic hydroxyl groups excluding tert-OH is 1. The molecule has 2 heterocycles. The minimum absolute atomic E-state index is 0.0722. The minimum Gasteiger partial charge on any atom is -0.467 e. The topological polar surface area (TPSA) is 65.7 Å². The van der Waals surface area contributed by atoms with Gasteiger partial charge in [-0.05, 0) is 62.5 Å². The summed E-state index contributed by atoms with van der Waals surface area (Å²) in [6.45, 7) is 0.795. The fourth-order valence-corrected chi connectivity index (χ4v) is 3.96. The number of likely N-dealkylation sites (tertiary alicyclic amines) is 1. The Morgan fingerprint density at radius 3 is 2.65 bits per heavy atom. The normalized spacial score (nSPS) is 25.8. The third-order valence-corrected chi connectivity index (χ3v) is 5.55. The van der Waals surface area contributed by atoms with Gasteiger partial charge in [0.1, 0.15) is 11.9 Å². The molecule has 126 valence electrons. The van der Waals surface area contributed by atoms with E-state index < -0.39 is 6.10 Å². The van der Waals surface area contributed by atoms with Gasteiger partial charge in [0, 0.05) is 25.0 Å². The fraction of sp³-hybridized carbons (Fsp3) is 0.722. The van der Waals surface area contributed by atoms with Crippen LogP contribution in [-0.4, -0.2) is 34.7 Å². The van der Waals surface area contributed by atoms with Crippen LogP contribution in [0.3, 0.4) is 0 Å². The lowest BCUT2D eigenvalue weighted by Gasteiger charge is -2.29. The minimum atomic E-state index is -0.633. The fourth-order valence-electron chi connectivity index (χ4n) is 3.96. The Hall–Kier alpha value is -1.49. The molecule has 4 rings (SSSR count). The molecule has 2 saturated carbocycles. The van der Waals surface area contributed by atoms with Crippen molar-refractivity contribution in [1.29, 1.82) is 0 Å². The molecular weight excluding hydrogens is 292 g/mol. The van der Waals surface area contributed by atoms with Crippen molar-refractivity contribution in [3.63, 3.8) is 0 Å². The molecule has 2 atom stereocenters. The third kappa shape index (κ3) is 3.39. The maximum Gasteiger partial charge on any atom is 0.317 e. The second-order valence-electron chi connectivity index (χ2n) is 7.41. The number of urea groups is 1. The van der Waals surface area contributed by atoms with Crippen LogP contribution < -0.4 is 5.32 Å². The molecule has 0 unspecified atom stereocenters. The third-order valence-electron chi connectivity index (χ3n) is 5.55. The predicted molar refractivity (Wildman–Crippen MR) is 85.8 cm³/mol. The summed E-state index contributed by atoms with van der Waals surface area (Å²) in [6, 6.07) is 4.14. The van der Waals surface area contributed by atoms with Gasteiger partial charge < -0.3 is 19.7 Å². The maximum atomic E-state index is 12.7. The van der Waals surface area contributed by atoms with Crippen molar-refractivity contribution in [3.05, 3.63) is 24.2 Å². The molecule has 0 radical (unpaired) electrons. The van der Waals surface area contributed by atoms with E-state index in [2.05, 4.69) is 5.32 Å². The molecule has 3 aliphatic rings. The van der Waals surface area contributed by atoms with Crippen LogP contribution in [0.25, 0.3) is 0 Å². The zero-order chi connectivity index (χ0) is 15.8. The van der Waals surface area contributed by atoms with Gasteiger partial charge in [-0.3, -0.25) is 0 Å². The molecule has 2 N–H and O–H groups in total. The first-order chi connectivity index (χ1) is 11.2. The van der Waals surface area contributed by atoms with Crippen molar-refractivity contribution in [2.24, 2.45) is 11.8 Å². The van der Waals surface area contributed by atoms with Crippen molar-refractivity contribution >= 4 is 6.03 Å². The second kappa shape index (κ2) is 6.19. The first-order valence-electron chi connectivity index (χ1n) is 9.01. The van der Waals surface area contributed by atoms with Crippen LogP contribution in [0.15, 0.2) is 22.8 Å². The van der Waals surface area contributed by atoms with Crippen molar-refractivity contribution in [1.82, 2.24) is 10.2 Å². The molecule has 1 aromatic heterocycles. The Morgan fingerprint density at radius 1 is 1.30 bits per heavy atom. The molecule has 0 bridgehead atoms. The van der Waals surface area contributed by atoms with Crippen molar-refractivity contribution in [3.8, 4) is 0 Å². The van der Waals surface area contributed by atoms with E-state index in [1.165, 1.54) is 25.7 Å². The van der Waals surface area contributed by atoms with E-state index >= 15 is 0 Å². The summed E-state index contributed by atoms with van der Waals surface area (Å²) in [6.07, 6.45) is 8.54. The lowest BCUT2D eigenvalue weighted by molar-refractivity contribution is 0.107. The van der Waals surface area contributed by atoms with Gasteiger partial charge in [-0.2, -0.15) is 0 Å². The first-order valence-corrected chi connectivity index (χ1v) is 9.01. The first kappa shape index (κ1) is 15.1. The molecule has 5 heteroatoms. The van der Waals surface area contributed by atoms with Gasteiger partial charge in [0.2, 0.25) is 0 Å². The van der Waals surface area contributed by atoms with E-state index in [-0.39, 0.29) is 12.1 Å². The molecule has 1 aromatic rings. The molecule has 5 nitrogen and oxygen atoms in total. The quantitative estimate of drug-likeness (QED) is 0.847. The SMILES string of the molecule is O=C(NC(C1CC1)C1CC1)N1CCC[C@H]1C[C@@H](O)c1ccco1. The zero-order valence-electron chi connectivity index (χ0n) is 13.5. The van der Waals surface area contributed by atoms with E-state index in [4.69, 9.17) is 4.42 Å². The Kier molecular flexibility index (Phi) is 4.05. The van der Waals surface area contributed by atoms with E-state index in [9.17, 15) is 9.90 Å². The molecule has 3 fully saturated rings. The molecule has 2 aliphatic carbocycles. The summed E-state index contributed by atoms with van der Waals surface area (Å²) in [5, 5.41) is 13.6. The van der Waals surface area contributed by atoms with Crippen LogP contribution >= 0.6 is 0 Å². The highest BCUT2D eigenvalue weighted by Gasteiger charge is 2.43. The van der Waals surface area contributed by atoms with Crippen LogP contribution in [0.1, 0.15) is 56.8 Å². The number of nitrogens with zero attached hydrogens (tertiary/aromatic N) is 1. The zero-order valence-corrected chi connectivity index (χ0v) is 13.5. The highest BCUT2D eigenvalue weighted by atomic mass is 16.4. The molecule has 1 saturated heterocycles. The summed E-state index contributed by atoms with van der Waals surface area (Å²) >= 11 is 0. The van der Waals surface area contributed by atoms with E-state index in [1.807, 2.05) is 4.90 Å². The van der Waals surface area contributed by atoms with Gasteiger partial charge in [0.05, 0.1) is 6.26 Å². The number of rotatable bonds is 6. The Bertz CT molecular complexity index is 524. The van der Waals surface area contributed by atoms with Gasteiger partial charge in [-0.25, -0.2) is 4.79 Å². The number of aliphatic hydroxyl groups is 1. The van der Waals surface area contributed by atoms with Crippen LogP contribution in [0, 0.1) is 11.8 Å². The highest BCUT2D eigenvalue weighted by Crippen LogP contribution is 2.44. The van der Waals surface area contributed by atoms with E-state index in [0.717, 1.165) is 19.4 Å². The molecule has 1 aliphatic heterocycles. The number of furan rings is 1. The largest absolute Gasteiger partial charge is 0.467 e. The van der Waals surface area contributed by atoms with Crippen LogP contribution in [0.2, 0.25) is 0 Å². The molecule has 0 aromatic carbocycles. The lowest BCUT2D eigenvalue weighted by atomic mass is 10.1. The average molecular weight is 318 g/mol. The molecular formula is C18H26N2O3. The van der Waals surface area contributed by atoms with Crippen LogP contribution in [-0.2, 0) is 0 Å². The van der Waals surface area contributed by atoms with Gasteiger partial charge >= 0.3 is 6.03 Å². The van der Waals surface area contributed by atoms with Gasteiger partial charge in [0.25, 0.3) is 0 Å². The summed E-state index contributed by atoms with van der Waals surface area (Å²) < 4.78 is 5.28. The number of carbonyl (C=O) groups excluding carboxylic acids is 1. The predicted octanol–water partition coefficient (Wildman–Crippen LogP) is 3.07. The Morgan fingerprint density at radius 2 is 2.04 bits per heavy atom. The molecule has 0 spiro atoms. The molecule has 23 heavy (non-hydrogen) atoms. The number of carbonyl (C=O) groups is 1. The lowest BCUT2D eigenvalue weighted by Crippen LogP contribution is -2.48. The van der Waals surface area contributed by atoms with Crippen LogP contribution in [0.4, 0.5) is 4.79 Å².